The standard InChI is InChI=1S/C17H20N2O2.ClH/c1-12(19-17(20)16-11-21-10-9-18-16)14-8-4-6-13-5-2-3-7-15(13)14;/h2-8,12,16,18H,9-11H2,1H3,(H,19,20);1H. The summed E-state index contributed by atoms with van der Waals surface area (Å²) < 4.78 is 5.34. The molecule has 0 radical (unpaired) electrons. The third kappa shape index (κ3) is 3.58. The molecule has 2 aromatic carbocycles. The minimum absolute atomic E-state index is 0. The number of carbonyl (C=O) groups is 1. The van der Waals surface area contributed by atoms with Gasteiger partial charge in [0, 0.05) is 6.54 Å². The van der Waals surface area contributed by atoms with Gasteiger partial charge in [-0.05, 0) is 23.3 Å². The summed E-state index contributed by atoms with van der Waals surface area (Å²) in [5, 5.41) is 8.62. The Morgan fingerprint density at radius 1 is 1.27 bits per heavy atom. The molecular formula is C17H21ClN2O2. The van der Waals surface area contributed by atoms with Crippen LogP contribution in [0.3, 0.4) is 0 Å². The van der Waals surface area contributed by atoms with Crippen molar-refractivity contribution >= 4 is 29.1 Å². The van der Waals surface area contributed by atoms with Crippen molar-refractivity contribution in [2.24, 2.45) is 0 Å². The summed E-state index contributed by atoms with van der Waals surface area (Å²) >= 11 is 0. The molecule has 2 aromatic rings. The zero-order valence-corrected chi connectivity index (χ0v) is 13.4. The second-order valence-corrected chi connectivity index (χ2v) is 5.38. The smallest absolute Gasteiger partial charge is 0.240 e. The van der Waals surface area contributed by atoms with Crippen molar-refractivity contribution in [3.63, 3.8) is 0 Å². The number of halogens is 1. The van der Waals surface area contributed by atoms with E-state index in [1.807, 2.05) is 25.1 Å². The second kappa shape index (κ2) is 7.58. The Morgan fingerprint density at radius 2 is 2.05 bits per heavy atom. The highest BCUT2D eigenvalue weighted by Crippen LogP contribution is 2.24. The van der Waals surface area contributed by atoms with Crippen LogP contribution in [0, 0.1) is 0 Å². The summed E-state index contributed by atoms with van der Waals surface area (Å²) in [6, 6.07) is 14.1. The highest BCUT2D eigenvalue weighted by atomic mass is 35.5. The van der Waals surface area contributed by atoms with Crippen LogP contribution in [0.15, 0.2) is 42.5 Å². The zero-order chi connectivity index (χ0) is 14.7. The monoisotopic (exact) mass is 320 g/mol. The van der Waals surface area contributed by atoms with Gasteiger partial charge in [-0.2, -0.15) is 0 Å². The molecule has 1 amide bonds. The van der Waals surface area contributed by atoms with E-state index in [-0.39, 0.29) is 30.4 Å². The molecule has 4 nitrogen and oxygen atoms in total. The summed E-state index contributed by atoms with van der Waals surface area (Å²) in [7, 11) is 0. The van der Waals surface area contributed by atoms with Crippen LogP contribution >= 0.6 is 12.4 Å². The number of hydrogen-bond acceptors (Lipinski definition) is 3. The fourth-order valence-electron chi connectivity index (χ4n) is 2.75. The molecule has 0 spiro atoms. The molecule has 1 aliphatic rings. The van der Waals surface area contributed by atoms with Crippen LogP contribution in [0.2, 0.25) is 0 Å². The van der Waals surface area contributed by atoms with E-state index in [2.05, 4.69) is 34.9 Å². The third-order valence-corrected chi connectivity index (χ3v) is 3.89. The summed E-state index contributed by atoms with van der Waals surface area (Å²) in [4.78, 5) is 12.3. The predicted octanol–water partition coefficient (Wildman–Crippen LogP) is 2.43. The maximum absolute atomic E-state index is 12.3. The van der Waals surface area contributed by atoms with E-state index in [0.29, 0.717) is 13.2 Å². The van der Waals surface area contributed by atoms with Crippen LogP contribution in [0.5, 0.6) is 0 Å². The zero-order valence-electron chi connectivity index (χ0n) is 12.5. The SMILES string of the molecule is CC(NC(=O)C1COCCN1)c1cccc2ccccc12.Cl. The van der Waals surface area contributed by atoms with Crippen LogP contribution in [0.1, 0.15) is 18.5 Å². The largest absolute Gasteiger partial charge is 0.378 e. The van der Waals surface area contributed by atoms with E-state index >= 15 is 0 Å². The number of morpholine rings is 1. The van der Waals surface area contributed by atoms with Crippen molar-refractivity contribution < 1.29 is 9.53 Å². The molecule has 1 saturated heterocycles. The highest BCUT2D eigenvalue weighted by molar-refractivity contribution is 5.87. The average molecular weight is 321 g/mol. The summed E-state index contributed by atoms with van der Waals surface area (Å²) in [6.45, 7) is 3.85. The molecule has 0 saturated carbocycles. The fraction of sp³-hybridized carbons (Fsp3) is 0.353. The molecular weight excluding hydrogens is 300 g/mol. The predicted molar refractivity (Wildman–Crippen MR) is 90.4 cm³/mol. The molecule has 22 heavy (non-hydrogen) atoms. The van der Waals surface area contributed by atoms with Crippen LogP contribution in [-0.2, 0) is 9.53 Å². The van der Waals surface area contributed by atoms with Crippen molar-refractivity contribution in [3.8, 4) is 0 Å². The van der Waals surface area contributed by atoms with Gasteiger partial charge in [-0.25, -0.2) is 0 Å². The number of hydrogen-bond donors (Lipinski definition) is 2. The molecule has 1 aliphatic heterocycles. The topological polar surface area (TPSA) is 50.4 Å². The Bertz CT molecular complexity index is 636. The molecule has 3 rings (SSSR count). The first kappa shape index (κ1) is 16.7. The van der Waals surface area contributed by atoms with Crippen molar-refractivity contribution in [1.82, 2.24) is 10.6 Å². The first-order valence-corrected chi connectivity index (χ1v) is 7.35. The molecule has 0 aliphatic carbocycles. The molecule has 1 fully saturated rings. The van der Waals surface area contributed by atoms with Gasteiger partial charge < -0.3 is 15.4 Å². The van der Waals surface area contributed by atoms with Gasteiger partial charge in [0.15, 0.2) is 0 Å². The van der Waals surface area contributed by atoms with Crippen LogP contribution in [0.25, 0.3) is 10.8 Å². The number of rotatable bonds is 3. The minimum Gasteiger partial charge on any atom is -0.378 e. The van der Waals surface area contributed by atoms with Gasteiger partial charge in [-0.3, -0.25) is 4.79 Å². The van der Waals surface area contributed by atoms with Gasteiger partial charge >= 0.3 is 0 Å². The number of carbonyl (C=O) groups excluding carboxylic acids is 1. The van der Waals surface area contributed by atoms with Crippen molar-refractivity contribution in [1.29, 1.82) is 0 Å². The lowest BCUT2D eigenvalue weighted by Crippen LogP contribution is -2.51. The molecule has 0 bridgehead atoms. The van der Waals surface area contributed by atoms with Gasteiger partial charge in [0.1, 0.15) is 6.04 Å². The van der Waals surface area contributed by atoms with E-state index in [1.165, 1.54) is 10.8 Å². The normalized spacial score (nSPS) is 19.2. The molecule has 1 heterocycles. The number of benzene rings is 2. The number of nitrogens with one attached hydrogen (secondary N) is 2. The lowest BCUT2D eigenvalue weighted by molar-refractivity contribution is -0.126. The van der Waals surface area contributed by atoms with E-state index in [0.717, 1.165) is 12.1 Å². The third-order valence-electron chi connectivity index (χ3n) is 3.89. The van der Waals surface area contributed by atoms with Crippen molar-refractivity contribution in [2.75, 3.05) is 19.8 Å². The highest BCUT2D eigenvalue weighted by Gasteiger charge is 2.23. The second-order valence-electron chi connectivity index (χ2n) is 5.38. The van der Waals surface area contributed by atoms with Crippen LogP contribution < -0.4 is 10.6 Å². The average Bonchev–Trinajstić information content (AvgIpc) is 2.55. The van der Waals surface area contributed by atoms with Crippen molar-refractivity contribution in [2.45, 2.75) is 19.0 Å². The molecule has 118 valence electrons. The quantitative estimate of drug-likeness (QED) is 0.913. The van der Waals surface area contributed by atoms with Gasteiger partial charge in [-0.1, -0.05) is 42.5 Å². The first-order chi connectivity index (χ1) is 10.3. The Morgan fingerprint density at radius 3 is 2.82 bits per heavy atom. The van der Waals surface area contributed by atoms with Crippen molar-refractivity contribution in [3.05, 3.63) is 48.0 Å². The molecule has 2 unspecified atom stereocenters. The van der Waals surface area contributed by atoms with Crippen LogP contribution in [-0.4, -0.2) is 31.7 Å². The maximum atomic E-state index is 12.3. The Balaban J connectivity index is 0.00000176. The number of amides is 1. The maximum Gasteiger partial charge on any atom is 0.240 e. The number of ether oxygens (including phenoxy) is 1. The molecule has 2 N–H and O–H groups in total. The minimum atomic E-state index is -0.254. The van der Waals surface area contributed by atoms with Gasteiger partial charge in [0.05, 0.1) is 19.3 Å². The van der Waals surface area contributed by atoms with E-state index < -0.39 is 0 Å². The van der Waals surface area contributed by atoms with Crippen LogP contribution in [0.4, 0.5) is 0 Å². The first-order valence-electron chi connectivity index (χ1n) is 7.35. The molecule has 5 heteroatoms. The number of fused-ring (bicyclic) bond motifs is 1. The van der Waals surface area contributed by atoms with Gasteiger partial charge in [0.2, 0.25) is 5.91 Å². The molecule has 2 atom stereocenters. The summed E-state index contributed by atoms with van der Waals surface area (Å²) in [5.41, 5.74) is 1.14. The molecule has 0 aromatic heterocycles. The lowest BCUT2D eigenvalue weighted by Gasteiger charge is -2.25. The summed E-state index contributed by atoms with van der Waals surface area (Å²) in [5.74, 6) is -0.00451. The fourth-order valence-corrected chi connectivity index (χ4v) is 2.75. The summed E-state index contributed by atoms with van der Waals surface area (Å²) in [6.07, 6.45) is 0. The lowest BCUT2D eigenvalue weighted by atomic mass is 9.99. The Kier molecular flexibility index (Phi) is 5.77. The van der Waals surface area contributed by atoms with E-state index in [4.69, 9.17) is 4.74 Å². The van der Waals surface area contributed by atoms with E-state index in [1.54, 1.807) is 0 Å². The Hall–Kier alpha value is -1.62. The van der Waals surface area contributed by atoms with Gasteiger partial charge in [-0.15, -0.1) is 12.4 Å². The van der Waals surface area contributed by atoms with E-state index in [9.17, 15) is 4.79 Å². The van der Waals surface area contributed by atoms with Gasteiger partial charge in [0.25, 0.3) is 0 Å². The Labute approximate surface area is 136 Å².